The number of Topliss-reactive ketones (excluding diaryl/α,β-unsaturated/α-hetero) is 1. The van der Waals surface area contributed by atoms with Crippen LogP contribution in [0.2, 0.25) is 0 Å². The van der Waals surface area contributed by atoms with Crippen molar-refractivity contribution in [3.63, 3.8) is 0 Å². The maximum Gasteiger partial charge on any atom is 0.300 e. The molecule has 0 saturated carbocycles. The van der Waals surface area contributed by atoms with Gasteiger partial charge in [0.2, 0.25) is 0 Å². The third-order valence-corrected chi connectivity index (χ3v) is 5.32. The molecule has 0 radical (unpaired) electrons. The summed E-state index contributed by atoms with van der Waals surface area (Å²) in [6, 6.07) is 22.2. The molecule has 1 aliphatic heterocycles. The first-order valence-corrected chi connectivity index (χ1v) is 10.3. The van der Waals surface area contributed by atoms with Crippen LogP contribution in [0.25, 0.3) is 5.76 Å². The highest BCUT2D eigenvalue weighted by molar-refractivity contribution is 6.51. The Balaban J connectivity index is 1.94. The van der Waals surface area contributed by atoms with Crippen molar-refractivity contribution in [3.8, 4) is 11.5 Å². The third kappa shape index (κ3) is 3.71. The molecule has 4 rings (SSSR count). The zero-order valence-electron chi connectivity index (χ0n) is 17.8. The van der Waals surface area contributed by atoms with Gasteiger partial charge in [-0.3, -0.25) is 14.5 Å². The highest BCUT2D eigenvalue weighted by atomic mass is 16.5. The van der Waals surface area contributed by atoms with Crippen molar-refractivity contribution in [2.45, 2.75) is 13.0 Å². The first kappa shape index (κ1) is 21.2. The van der Waals surface area contributed by atoms with E-state index in [0.717, 1.165) is 0 Å². The standard InChI is InChI=1S/C26H23NO5/c1-3-32-19-13-9-12-18(16-19)24(28)22-23(17-10-5-4-6-11-17)27(26(30)25(22)29)20-14-7-8-15-21(20)31-2/h4-16,23,28H,3H2,1-2H3/b24-22-. The number of carbonyl (C=O) groups excluding carboxylic acids is 2. The average Bonchev–Trinajstić information content (AvgIpc) is 3.10. The van der Waals surface area contributed by atoms with E-state index in [1.54, 1.807) is 48.5 Å². The van der Waals surface area contributed by atoms with Crippen LogP contribution in [0.4, 0.5) is 5.69 Å². The number of hydrogen-bond donors (Lipinski definition) is 1. The SMILES string of the molecule is CCOc1cccc(/C(O)=C2/C(=O)C(=O)N(c3ccccc3OC)C2c2ccccc2)c1. The maximum atomic E-state index is 13.2. The number of anilines is 1. The van der Waals surface area contributed by atoms with Gasteiger partial charge in [-0.25, -0.2) is 0 Å². The third-order valence-electron chi connectivity index (χ3n) is 5.32. The molecule has 1 atom stereocenters. The lowest BCUT2D eigenvalue weighted by molar-refractivity contribution is -0.132. The van der Waals surface area contributed by atoms with Gasteiger partial charge in [0.15, 0.2) is 0 Å². The first-order chi connectivity index (χ1) is 15.6. The van der Waals surface area contributed by atoms with Gasteiger partial charge in [0.25, 0.3) is 11.7 Å². The van der Waals surface area contributed by atoms with E-state index in [2.05, 4.69) is 0 Å². The van der Waals surface area contributed by atoms with Gasteiger partial charge in [-0.15, -0.1) is 0 Å². The number of ketones is 1. The van der Waals surface area contributed by atoms with Crippen molar-refractivity contribution in [2.24, 2.45) is 0 Å². The molecule has 162 valence electrons. The highest BCUT2D eigenvalue weighted by Gasteiger charge is 2.47. The fourth-order valence-electron chi connectivity index (χ4n) is 3.92. The Morgan fingerprint density at radius 2 is 1.69 bits per heavy atom. The number of rotatable bonds is 6. The number of aliphatic hydroxyl groups is 1. The molecule has 3 aromatic rings. The molecule has 1 fully saturated rings. The van der Waals surface area contributed by atoms with Crippen molar-refractivity contribution in [2.75, 3.05) is 18.6 Å². The lowest BCUT2D eigenvalue weighted by Gasteiger charge is -2.26. The Labute approximate surface area is 186 Å². The molecule has 1 aliphatic rings. The van der Waals surface area contributed by atoms with E-state index < -0.39 is 17.7 Å². The minimum atomic E-state index is -0.816. The molecule has 0 bridgehead atoms. The van der Waals surface area contributed by atoms with Gasteiger partial charge in [0.1, 0.15) is 17.3 Å². The monoisotopic (exact) mass is 429 g/mol. The van der Waals surface area contributed by atoms with Gasteiger partial charge in [0.05, 0.1) is 31.0 Å². The maximum absolute atomic E-state index is 13.2. The number of ether oxygens (including phenoxy) is 2. The minimum absolute atomic E-state index is 0.0146. The van der Waals surface area contributed by atoms with Crippen molar-refractivity contribution < 1.29 is 24.2 Å². The van der Waals surface area contributed by atoms with Gasteiger partial charge in [-0.05, 0) is 36.8 Å². The quantitative estimate of drug-likeness (QED) is 0.349. The summed E-state index contributed by atoms with van der Waals surface area (Å²) in [5, 5.41) is 11.2. The molecule has 1 unspecified atom stereocenters. The number of amides is 1. The molecule has 1 saturated heterocycles. The number of nitrogens with zero attached hydrogens (tertiary/aromatic N) is 1. The van der Waals surface area contributed by atoms with Crippen molar-refractivity contribution in [1.82, 2.24) is 0 Å². The molecule has 6 nitrogen and oxygen atoms in total. The predicted molar refractivity (Wildman–Crippen MR) is 122 cm³/mol. The second-order valence-electron chi connectivity index (χ2n) is 7.21. The molecule has 32 heavy (non-hydrogen) atoms. The topological polar surface area (TPSA) is 76.1 Å². The second kappa shape index (κ2) is 8.98. The van der Waals surface area contributed by atoms with Crippen LogP contribution in [0, 0.1) is 0 Å². The summed E-state index contributed by atoms with van der Waals surface area (Å²) in [5.41, 5.74) is 1.56. The molecule has 1 N–H and O–H groups in total. The average molecular weight is 429 g/mol. The van der Waals surface area contributed by atoms with E-state index in [4.69, 9.17) is 9.47 Å². The second-order valence-corrected chi connectivity index (χ2v) is 7.21. The lowest BCUT2D eigenvalue weighted by atomic mass is 9.95. The Hall–Kier alpha value is -4.06. The van der Waals surface area contributed by atoms with Crippen LogP contribution in [0.15, 0.2) is 84.4 Å². The van der Waals surface area contributed by atoms with Gasteiger partial charge in [-0.2, -0.15) is 0 Å². The number of hydrogen-bond acceptors (Lipinski definition) is 5. The number of benzene rings is 3. The number of carbonyl (C=O) groups is 2. The fourth-order valence-corrected chi connectivity index (χ4v) is 3.92. The Morgan fingerprint density at radius 3 is 2.41 bits per heavy atom. The summed E-state index contributed by atoms with van der Waals surface area (Å²) in [6.07, 6.45) is 0. The zero-order chi connectivity index (χ0) is 22.7. The molecule has 6 heteroatoms. The molecular formula is C26H23NO5. The van der Waals surface area contributed by atoms with Crippen LogP contribution in [-0.4, -0.2) is 30.5 Å². The van der Waals surface area contributed by atoms with E-state index in [9.17, 15) is 14.7 Å². The predicted octanol–water partition coefficient (Wildman–Crippen LogP) is 4.72. The summed E-state index contributed by atoms with van der Waals surface area (Å²) in [6.45, 7) is 2.33. The van der Waals surface area contributed by atoms with Crippen molar-refractivity contribution >= 4 is 23.1 Å². The Morgan fingerprint density at radius 1 is 0.969 bits per heavy atom. The summed E-state index contributed by atoms with van der Waals surface area (Å²) in [4.78, 5) is 27.8. The van der Waals surface area contributed by atoms with E-state index in [0.29, 0.717) is 34.9 Å². The number of methoxy groups -OCH3 is 1. The van der Waals surface area contributed by atoms with E-state index >= 15 is 0 Å². The normalized spacial score (nSPS) is 17.4. The smallest absolute Gasteiger partial charge is 0.300 e. The molecule has 1 heterocycles. The number of aliphatic hydroxyl groups excluding tert-OH is 1. The minimum Gasteiger partial charge on any atom is -0.507 e. The van der Waals surface area contributed by atoms with Crippen LogP contribution in [0.5, 0.6) is 11.5 Å². The zero-order valence-corrected chi connectivity index (χ0v) is 17.8. The van der Waals surface area contributed by atoms with Gasteiger partial charge in [0, 0.05) is 5.56 Å². The molecular weight excluding hydrogens is 406 g/mol. The molecule has 1 amide bonds. The van der Waals surface area contributed by atoms with Gasteiger partial charge >= 0.3 is 0 Å². The molecule has 0 aromatic heterocycles. The van der Waals surface area contributed by atoms with E-state index in [1.165, 1.54) is 12.0 Å². The molecule has 0 aliphatic carbocycles. The largest absolute Gasteiger partial charge is 0.507 e. The van der Waals surface area contributed by atoms with Gasteiger partial charge < -0.3 is 14.6 Å². The van der Waals surface area contributed by atoms with Crippen molar-refractivity contribution in [3.05, 3.63) is 95.6 Å². The van der Waals surface area contributed by atoms with Crippen LogP contribution in [0.1, 0.15) is 24.1 Å². The van der Waals surface area contributed by atoms with E-state index in [-0.39, 0.29) is 11.3 Å². The fraction of sp³-hybridized carbons (Fsp3) is 0.154. The number of para-hydroxylation sites is 2. The van der Waals surface area contributed by atoms with Crippen molar-refractivity contribution in [1.29, 1.82) is 0 Å². The summed E-state index contributed by atoms with van der Waals surface area (Å²) < 4.78 is 11.0. The molecule has 0 spiro atoms. The lowest BCUT2D eigenvalue weighted by Crippen LogP contribution is -2.29. The molecule has 3 aromatic carbocycles. The Kier molecular flexibility index (Phi) is 5.94. The van der Waals surface area contributed by atoms with Crippen LogP contribution in [0.3, 0.4) is 0 Å². The van der Waals surface area contributed by atoms with Gasteiger partial charge in [-0.1, -0.05) is 54.6 Å². The Bertz CT molecular complexity index is 1190. The highest BCUT2D eigenvalue weighted by Crippen LogP contribution is 2.44. The first-order valence-electron chi connectivity index (χ1n) is 10.3. The van der Waals surface area contributed by atoms with Crippen LogP contribution < -0.4 is 14.4 Å². The summed E-state index contributed by atoms with van der Waals surface area (Å²) >= 11 is 0. The van der Waals surface area contributed by atoms with Crippen LogP contribution >= 0.6 is 0 Å². The van der Waals surface area contributed by atoms with E-state index in [1.807, 2.05) is 37.3 Å². The van der Waals surface area contributed by atoms with Crippen LogP contribution in [-0.2, 0) is 9.59 Å². The summed E-state index contributed by atoms with van der Waals surface area (Å²) in [5.74, 6) is -0.730. The summed E-state index contributed by atoms with van der Waals surface area (Å²) in [7, 11) is 1.51.